The number of hydrazine groups is 1. The summed E-state index contributed by atoms with van der Waals surface area (Å²) in [5, 5.41) is 7.28. The van der Waals surface area contributed by atoms with Crippen molar-refractivity contribution in [2.75, 3.05) is 13.2 Å². The molecule has 0 atom stereocenters. The highest BCUT2D eigenvalue weighted by Gasteiger charge is 2.47. The van der Waals surface area contributed by atoms with Crippen molar-refractivity contribution in [3.63, 3.8) is 0 Å². The molecule has 0 spiro atoms. The number of carbonyl (C=O) groups excluding carboxylic acids is 1. The lowest BCUT2D eigenvalue weighted by Gasteiger charge is -2.43. The van der Waals surface area contributed by atoms with E-state index in [1.165, 1.54) is 16.7 Å². The quantitative estimate of drug-likeness (QED) is 0.185. The molecule has 0 radical (unpaired) electrons. The van der Waals surface area contributed by atoms with Crippen LogP contribution in [-0.2, 0) is 23.2 Å². The lowest BCUT2D eigenvalue weighted by molar-refractivity contribution is 0.0511. The molecule has 1 aliphatic carbocycles. The molecular weight excluding hydrogens is 484 g/mol. The summed E-state index contributed by atoms with van der Waals surface area (Å²) >= 11 is 0. The van der Waals surface area contributed by atoms with E-state index in [1.54, 1.807) is 10.8 Å². The van der Waals surface area contributed by atoms with Crippen molar-refractivity contribution in [2.24, 2.45) is 0 Å². The molecule has 0 saturated carbocycles. The van der Waals surface area contributed by atoms with Gasteiger partial charge in [-0.15, -0.1) is 6.58 Å². The molecule has 2 heterocycles. The lowest BCUT2D eigenvalue weighted by Crippen LogP contribution is -2.52. The molecule has 1 aliphatic heterocycles. The predicted molar refractivity (Wildman–Crippen MR) is 153 cm³/mol. The van der Waals surface area contributed by atoms with Crippen molar-refractivity contribution in [3.8, 4) is 0 Å². The second-order valence-corrected chi connectivity index (χ2v) is 9.83. The van der Waals surface area contributed by atoms with Crippen LogP contribution in [0.5, 0.6) is 0 Å². The van der Waals surface area contributed by atoms with Crippen LogP contribution in [0.3, 0.4) is 0 Å². The van der Waals surface area contributed by atoms with E-state index in [2.05, 4.69) is 108 Å². The highest BCUT2D eigenvalue weighted by atomic mass is 16.5. The molecule has 3 aromatic carbocycles. The van der Waals surface area contributed by atoms with Crippen LogP contribution in [0.4, 0.5) is 0 Å². The normalized spacial score (nSPS) is 14.9. The molecule has 0 unspecified atom stereocenters. The summed E-state index contributed by atoms with van der Waals surface area (Å²) in [7, 11) is 0. The Bertz CT molecular complexity index is 1430. The number of rotatable bonds is 8. The van der Waals surface area contributed by atoms with Crippen molar-refractivity contribution < 1.29 is 9.53 Å². The number of esters is 1. The van der Waals surface area contributed by atoms with Crippen LogP contribution < -0.4 is 5.43 Å². The second kappa shape index (κ2) is 10.4. The maximum atomic E-state index is 13.0. The van der Waals surface area contributed by atoms with Crippen LogP contribution in [0, 0.1) is 0 Å². The largest absolute Gasteiger partial charge is 0.461 e. The van der Waals surface area contributed by atoms with Gasteiger partial charge >= 0.3 is 5.97 Å². The molecule has 0 amide bonds. The molecule has 6 rings (SSSR count). The van der Waals surface area contributed by atoms with Crippen LogP contribution in [0.25, 0.3) is 5.57 Å². The minimum atomic E-state index is -0.602. The zero-order valence-electron chi connectivity index (χ0n) is 22.1. The molecule has 4 aromatic rings. The minimum Gasteiger partial charge on any atom is -0.461 e. The summed E-state index contributed by atoms with van der Waals surface area (Å²) in [6.45, 7) is 7.09. The summed E-state index contributed by atoms with van der Waals surface area (Å²) in [5.41, 5.74) is 11.4. The van der Waals surface area contributed by atoms with E-state index in [0.717, 1.165) is 35.4 Å². The molecule has 0 fully saturated rings. The van der Waals surface area contributed by atoms with E-state index >= 15 is 0 Å². The van der Waals surface area contributed by atoms with Gasteiger partial charge in [0.2, 0.25) is 0 Å². The monoisotopic (exact) mass is 516 g/mol. The van der Waals surface area contributed by atoms with Gasteiger partial charge in [-0.05, 0) is 36.5 Å². The summed E-state index contributed by atoms with van der Waals surface area (Å²) in [6.07, 6.45) is 3.27. The third-order valence-electron chi connectivity index (χ3n) is 7.66. The van der Waals surface area contributed by atoms with Gasteiger partial charge in [-0.2, -0.15) is 10.1 Å². The number of aromatic nitrogens is 2. The first-order chi connectivity index (χ1) is 19.2. The van der Waals surface area contributed by atoms with E-state index in [0.29, 0.717) is 25.4 Å². The van der Waals surface area contributed by atoms with Gasteiger partial charge < -0.3 is 10.2 Å². The average Bonchev–Trinajstić information content (AvgIpc) is 3.57. The summed E-state index contributed by atoms with van der Waals surface area (Å²) in [4.78, 5) is 13.0. The highest BCUT2D eigenvalue weighted by Crippen LogP contribution is 2.46. The third-order valence-corrected chi connectivity index (χ3v) is 7.66. The first-order valence-corrected chi connectivity index (χ1v) is 13.5. The molecule has 39 heavy (non-hydrogen) atoms. The molecule has 1 aromatic heterocycles. The molecular formula is C33H32N4O2. The van der Waals surface area contributed by atoms with Crippen LogP contribution >= 0.6 is 0 Å². The Balaban J connectivity index is 1.50. The first-order valence-electron chi connectivity index (χ1n) is 13.5. The second-order valence-electron chi connectivity index (χ2n) is 9.83. The molecule has 1 N–H and O–H groups in total. The van der Waals surface area contributed by atoms with E-state index in [4.69, 9.17) is 9.84 Å². The van der Waals surface area contributed by atoms with Gasteiger partial charge in [0.05, 0.1) is 18.8 Å². The number of hydrogen-bond acceptors (Lipinski definition) is 5. The third kappa shape index (κ3) is 4.08. The Morgan fingerprint density at radius 2 is 1.51 bits per heavy atom. The van der Waals surface area contributed by atoms with E-state index in [9.17, 15) is 4.79 Å². The molecule has 6 heteroatoms. The zero-order chi connectivity index (χ0) is 26.8. The van der Waals surface area contributed by atoms with Crippen LogP contribution in [0.15, 0.2) is 109 Å². The molecule has 0 bridgehead atoms. The summed E-state index contributed by atoms with van der Waals surface area (Å²) in [6, 6.07) is 31.9. The van der Waals surface area contributed by atoms with Crippen molar-refractivity contribution >= 4 is 11.5 Å². The molecule has 6 nitrogen and oxygen atoms in total. The maximum absolute atomic E-state index is 13.0. The molecule has 2 aliphatic rings. The van der Waals surface area contributed by atoms with Crippen LogP contribution in [-0.4, -0.2) is 33.9 Å². The van der Waals surface area contributed by atoms with Crippen molar-refractivity contribution in [1.82, 2.24) is 20.2 Å². The van der Waals surface area contributed by atoms with Gasteiger partial charge in [0.15, 0.2) is 5.69 Å². The Labute approximate surface area is 229 Å². The maximum Gasteiger partial charge on any atom is 0.356 e. The van der Waals surface area contributed by atoms with E-state index in [-0.39, 0.29) is 5.97 Å². The van der Waals surface area contributed by atoms with Gasteiger partial charge in [-0.3, -0.25) is 4.68 Å². The zero-order valence-corrected chi connectivity index (χ0v) is 22.1. The topological polar surface area (TPSA) is 59.4 Å². The fraction of sp³-hybridized carbons (Fsp3) is 0.212. The predicted octanol–water partition coefficient (Wildman–Crippen LogP) is 5.72. The Kier molecular flexibility index (Phi) is 6.63. The lowest BCUT2D eigenvalue weighted by atomic mass is 9.76. The minimum absolute atomic E-state index is 0.323. The Morgan fingerprint density at radius 3 is 2.03 bits per heavy atom. The van der Waals surface area contributed by atoms with Crippen LogP contribution in [0.1, 0.15) is 51.8 Å². The van der Waals surface area contributed by atoms with E-state index < -0.39 is 5.54 Å². The highest BCUT2D eigenvalue weighted by molar-refractivity contribution is 5.92. The SMILES string of the molecule is C=CCn1nc2c(c1C(=O)OCC)CCC1=C2CN(C(c2ccccc2)(c2ccccc2)c2ccccc2)N1. The number of ether oxygens (including phenoxy) is 1. The van der Waals surface area contributed by atoms with Gasteiger partial charge in [0.25, 0.3) is 0 Å². The van der Waals surface area contributed by atoms with Crippen molar-refractivity contribution in [2.45, 2.75) is 31.8 Å². The fourth-order valence-corrected chi connectivity index (χ4v) is 6.07. The smallest absolute Gasteiger partial charge is 0.356 e. The van der Waals surface area contributed by atoms with Gasteiger partial charge in [-0.25, -0.2) is 4.79 Å². The van der Waals surface area contributed by atoms with Crippen molar-refractivity contribution in [1.29, 1.82) is 0 Å². The summed E-state index contributed by atoms with van der Waals surface area (Å²) in [5.74, 6) is -0.327. The average molecular weight is 517 g/mol. The van der Waals surface area contributed by atoms with E-state index in [1.807, 2.05) is 6.92 Å². The Morgan fingerprint density at radius 1 is 0.949 bits per heavy atom. The number of allylic oxidation sites excluding steroid dienone is 2. The van der Waals surface area contributed by atoms with Gasteiger partial charge in [-0.1, -0.05) is 97.1 Å². The molecule has 196 valence electrons. The number of hydrogen-bond donors (Lipinski definition) is 1. The molecule has 0 saturated heterocycles. The number of benzene rings is 3. The fourth-order valence-electron chi connectivity index (χ4n) is 6.07. The van der Waals surface area contributed by atoms with Gasteiger partial charge in [0, 0.05) is 23.4 Å². The standard InChI is InChI=1S/C33H32N4O2/c1-3-22-36-31(32(38)39-4-2)27-20-21-29-28(30(27)35-36)23-37(34-29)33(24-14-8-5-9-15-24,25-16-10-6-11-17-25)26-18-12-7-13-19-26/h3,5-19,34H,1,4,20-23H2,2H3. The van der Waals surface area contributed by atoms with Crippen molar-refractivity contribution in [3.05, 3.63) is 143 Å². The number of fused-ring (bicyclic) bond motifs is 2. The summed E-state index contributed by atoms with van der Waals surface area (Å²) < 4.78 is 7.17. The van der Waals surface area contributed by atoms with Crippen LogP contribution in [0.2, 0.25) is 0 Å². The number of nitrogens with zero attached hydrogens (tertiary/aromatic N) is 3. The van der Waals surface area contributed by atoms with Gasteiger partial charge in [0.1, 0.15) is 5.54 Å². The number of nitrogens with one attached hydrogen (secondary N) is 1. The number of carbonyl (C=O) groups is 1. The Hall–Kier alpha value is -4.42. The first kappa shape index (κ1) is 24.9.